The van der Waals surface area contributed by atoms with Gasteiger partial charge in [0.25, 0.3) is 0 Å². The van der Waals surface area contributed by atoms with E-state index in [2.05, 4.69) is 9.97 Å². The lowest BCUT2D eigenvalue weighted by Crippen LogP contribution is -2.12. The van der Waals surface area contributed by atoms with E-state index >= 15 is 0 Å². The molecule has 5 aromatic rings. The highest BCUT2D eigenvalue weighted by Crippen LogP contribution is 2.32. The summed E-state index contributed by atoms with van der Waals surface area (Å²) in [6, 6.07) is 22.3. The number of hydrogen-bond acceptors (Lipinski definition) is 7. The van der Waals surface area contributed by atoms with Crippen LogP contribution in [0.2, 0.25) is 0 Å². The molecule has 3 aromatic carbocycles. The third-order valence-corrected chi connectivity index (χ3v) is 6.27. The predicted octanol–water partition coefficient (Wildman–Crippen LogP) is 3.16. The number of sulfonamides is 1. The molecule has 4 N–H and O–H groups in total. The number of aromatic nitrogens is 3. The maximum atomic E-state index is 13.1. The standard InChI is InChI=1S/C24H19N5O4S/c25-22-20(24(30)33-14-15-6-2-1-3-7-15)21-23(28-19-9-5-4-8-18(19)27-21)29(22)16-10-12-17(13-11-16)34(26,31)32/h1-13H,14,25H2,(H2,26,31,32). The summed E-state index contributed by atoms with van der Waals surface area (Å²) in [5.41, 5.74) is 9.66. The first kappa shape index (κ1) is 21.6. The molecular formula is C24H19N5O4S. The van der Waals surface area contributed by atoms with Crippen molar-refractivity contribution in [2.45, 2.75) is 11.5 Å². The fraction of sp³-hybridized carbons (Fsp3) is 0.0417. The van der Waals surface area contributed by atoms with Gasteiger partial charge in [-0.25, -0.2) is 28.3 Å². The Morgan fingerprint density at radius 2 is 1.50 bits per heavy atom. The van der Waals surface area contributed by atoms with E-state index in [1.165, 1.54) is 24.3 Å². The number of nitrogens with two attached hydrogens (primary N) is 2. The zero-order chi connectivity index (χ0) is 23.9. The minimum atomic E-state index is -3.87. The van der Waals surface area contributed by atoms with Crippen LogP contribution in [0.5, 0.6) is 0 Å². The number of esters is 1. The van der Waals surface area contributed by atoms with Gasteiger partial charge in [0.2, 0.25) is 10.0 Å². The third-order valence-electron chi connectivity index (χ3n) is 5.34. The molecule has 34 heavy (non-hydrogen) atoms. The van der Waals surface area contributed by atoms with Crippen LogP contribution in [0.1, 0.15) is 15.9 Å². The molecule has 0 aliphatic carbocycles. The van der Waals surface area contributed by atoms with Crippen LogP contribution in [-0.4, -0.2) is 28.9 Å². The fourth-order valence-electron chi connectivity index (χ4n) is 3.70. The van der Waals surface area contributed by atoms with Crippen LogP contribution in [0.3, 0.4) is 0 Å². The van der Waals surface area contributed by atoms with Crippen molar-refractivity contribution in [1.29, 1.82) is 0 Å². The number of benzene rings is 3. The number of primary sulfonamides is 1. The van der Waals surface area contributed by atoms with E-state index in [-0.39, 0.29) is 28.4 Å². The van der Waals surface area contributed by atoms with Crippen LogP contribution in [0.25, 0.3) is 27.9 Å². The summed E-state index contributed by atoms with van der Waals surface area (Å²) < 4.78 is 30.4. The molecule has 0 radical (unpaired) electrons. The molecule has 0 aliphatic rings. The van der Waals surface area contributed by atoms with Crippen molar-refractivity contribution in [3.63, 3.8) is 0 Å². The second-order valence-electron chi connectivity index (χ2n) is 7.58. The monoisotopic (exact) mass is 473 g/mol. The van der Waals surface area contributed by atoms with Gasteiger partial charge >= 0.3 is 5.97 Å². The van der Waals surface area contributed by atoms with Crippen LogP contribution in [0.4, 0.5) is 5.82 Å². The number of ether oxygens (including phenoxy) is 1. The van der Waals surface area contributed by atoms with Gasteiger partial charge in [0.1, 0.15) is 23.5 Å². The summed E-state index contributed by atoms with van der Waals surface area (Å²) in [6.45, 7) is 0.0653. The summed E-state index contributed by atoms with van der Waals surface area (Å²) in [5.74, 6) is -0.567. The number of rotatable bonds is 5. The molecule has 170 valence electrons. The lowest BCUT2D eigenvalue weighted by molar-refractivity contribution is 0.0476. The number of para-hydroxylation sites is 2. The van der Waals surface area contributed by atoms with Crippen molar-refractivity contribution in [2.24, 2.45) is 5.14 Å². The average molecular weight is 474 g/mol. The zero-order valence-corrected chi connectivity index (χ0v) is 18.6. The highest BCUT2D eigenvalue weighted by Gasteiger charge is 2.26. The molecule has 2 aromatic heterocycles. The summed E-state index contributed by atoms with van der Waals surface area (Å²) in [7, 11) is -3.87. The first-order valence-corrected chi connectivity index (χ1v) is 11.8. The summed E-state index contributed by atoms with van der Waals surface area (Å²) >= 11 is 0. The fourth-order valence-corrected chi connectivity index (χ4v) is 4.22. The Kier molecular flexibility index (Phi) is 5.23. The van der Waals surface area contributed by atoms with Crippen LogP contribution in [0.15, 0.2) is 83.8 Å². The largest absolute Gasteiger partial charge is 0.457 e. The van der Waals surface area contributed by atoms with Crippen molar-refractivity contribution in [2.75, 3.05) is 5.73 Å². The summed E-state index contributed by atoms with van der Waals surface area (Å²) in [4.78, 5) is 22.4. The highest BCUT2D eigenvalue weighted by molar-refractivity contribution is 7.89. The Bertz CT molecular complexity index is 1650. The van der Waals surface area contributed by atoms with Gasteiger partial charge in [0, 0.05) is 5.69 Å². The SMILES string of the molecule is Nc1c(C(=O)OCc2ccccc2)c2nc3ccccc3nc2n1-c1ccc(S(N)(=O)=O)cc1. The molecule has 9 nitrogen and oxygen atoms in total. The van der Waals surface area contributed by atoms with Gasteiger partial charge in [-0.2, -0.15) is 0 Å². The van der Waals surface area contributed by atoms with E-state index in [1.807, 2.05) is 42.5 Å². The quantitative estimate of drug-likeness (QED) is 0.373. The third kappa shape index (κ3) is 3.85. The maximum absolute atomic E-state index is 13.1. The Morgan fingerprint density at radius 1 is 0.882 bits per heavy atom. The smallest absolute Gasteiger partial charge is 0.344 e. The first-order chi connectivity index (χ1) is 16.3. The van der Waals surface area contributed by atoms with E-state index in [9.17, 15) is 13.2 Å². The number of fused-ring (bicyclic) bond motifs is 2. The number of carbonyl (C=O) groups is 1. The van der Waals surface area contributed by atoms with E-state index in [1.54, 1.807) is 16.7 Å². The number of anilines is 1. The van der Waals surface area contributed by atoms with Gasteiger partial charge in [-0.1, -0.05) is 42.5 Å². The predicted molar refractivity (Wildman–Crippen MR) is 128 cm³/mol. The second-order valence-corrected chi connectivity index (χ2v) is 9.14. The van der Waals surface area contributed by atoms with Gasteiger partial charge in [-0.3, -0.25) is 4.57 Å². The molecular weight excluding hydrogens is 454 g/mol. The normalized spacial score (nSPS) is 11.7. The molecule has 2 heterocycles. The minimum Gasteiger partial charge on any atom is -0.457 e. The Hall–Kier alpha value is -4.28. The van der Waals surface area contributed by atoms with Crippen LogP contribution >= 0.6 is 0 Å². The van der Waals surface area contributed by atoms with Gasteiger partial charge < -0.3 is 10.5 Å². The molecule has 0 saturated carbocycles. The highest BCUT2D eigenvalue weighted by atomic mass is 32.2. The van der Waals surface area contributed by atoms with E-state index in [0.29, 0.717) is 22.4 Å². The van der Waals surface area contributed by atoms with Gasteiger partial charge in [0.05, 0.1) is 15.9 Å². The second kappa shape index (κ2) is 8.25. The topological polar surface area (TPSA) is 143 Å². The van der Waals surface area contributed by atoms with Crippen molar-refractivity contribution in [1.82, 2.24) is 14.5 Å². The molecule has 0 saturated heterocycles. The lowest BCUT2D eigenvalue weighted by atomic mass is 10.2. The summed E-state index contributed by atoms with van der Waals surface area (Å²) in [5, 5.41) is 5.21. The lowest BCUT2D eigenvalue weighted by Gasteiger charge is -2.09. The Morgan fingerprint density at radius 3 is 2.15 bits per heavy atom. The Labute approximate surface area is 194 Å². The number of nitrogen functional groups attached to an aromatic ring is 1. The molecule has 10 heteroatoms. The molecule has 0 spiro atoms. The molecule has 0 bridgehead atoms. The van der Waals surface area contributed by atoms with Crippen molar-refractivity contribution >= 4 is 44.0 Å². The van der Waals surface area contributed by atoms with Gasteiger partial charge in [-0.15, -0.1) is 0 Å². The molecule has 5 rings (SSSR count). The van der Waals surface area contributed by atoms with Gasteiger partial charge in [-0.05, 0) is 42.0 Å². The van der Waals surface area contributed by atoms with Crippen molar-refractivity contribution in [3.05, 3.63) is 90.0 Å². The summed E-state index contributed by atoms with van der Waals surface area (Å²) in [6.07, 6.45) is 0. The molecule has 0 atom stereocenters. The molecule has 0 aliphatic heterocycles. The Balaban J connectivity index is 1.67. The van der Waals surface area contributed by atoms with Crippen molar-refractivity contribution < 1.29 is 17.9 Å². The van der Waals surface area contributed by atoms with E-state index < -0.39 is 16.0 Å². The minimum absolute atomic E-state index is 0.0506. The number of carbonyl (C=O) groups excluding carboxylic acids is 1. The van der Waals surface area contributed by atoms with E-state index in [4.69, 9.17) is 15.6 Å². The van der Waals surface area contributed by atoms with Crippen LogP contribution in [-0.2, 0) is 21.4 Å². The molecule has 0 fully saturated rings. The maximum Gasteiger partial charge on any atom is 0.344 e. The van der Waals surface area contributed by atoms with Crippen molar-refractivity contribution in [3.8, 4) is 5.69 Å². The molecule has 0 unspecified atom stereocenters. The number of nitrogens with zero attached hydrogens (tertiary/aromatic N) is 3. The van der Waals surface area contributed by atoms with Gasteiger partial charge in [0.15, 0.2) is 5.65 Å². The number of hydrogen-bond donors (Lipinski definition) is 2. The van der Waals surface area contributed by atoms with E-state index in [0.717, 1.165) is 5.56 Å². The zero-order valence-electron chi connectivity index (χ0n) is 17.8. The molecule has 0 amide bonds. The first-order valence-electron chi connectivity index (χ1n) is 10.2. The van der Waals surface area contributed by atoms with Crippen LogP contribution < -0.4 is 10.9 Å². The van der Waals surface area contributed by atoms with Crippen LogP contribution in [0, 0.1) is 0 Å². The average Bonchev–Trinajstić information content (AvgIpc) is 3.12.